The van der Waals surface area contributed by atoms with Crippen molar-refractivity contribution in [3.63, 3.8) is 0 Å². The van der Waals surface area contributed by atoms with Crippen LogP contribution in [0.4, 0.5) is 0 Å². The van der Waals surface area contributed by atoms with Gasteiger partial charge < -0.3 is 14.9 Å². The topological polar surface area (TPSA) is 47.8 Å². The molecule has 2 aromatic rings. The second-order valence-electron chi connectivity index (χ2n) is 8.54. The van der Waals surface area contributed by atoms with Crippen LogP contribution in [0.15, 0.2) is 36.5 Å². The molecule has 0 spiro atoms. The second kappa shape index (κ2) is 8.74. The average molecular weight is 384 g/mol. The number of hydrogen-bond donors (Lipinski definition) is 1. The van der Waals surface area contributed by atoms with Crippen molar-refractivity contribution in [3.8, 4) is 11.3 Å². The number of nitrogens with zero attached hydrogens (tertiary/aromatic N) is 5. The van der Waals surface area contributed by atoms with Gasteiger partial charge in [-0.25, -0.2) is 0 Å². The summed E-state index contributed by atoms with van der Waals surface area (Å²) in [5, 5.41) is 14.7. The molecule has 6 nitrogen and oxygen atoms in total. The standard InChI is InChI=1S/C22H33N5O/c1-24-8-10-26(11-9-24)13-19-14-27(16-21(19)17-28)15-20-12-25(2)23-22(20)18-6-4-3-5-7-18/h3-7,12,19,21,28H,8-11,13-17H2,1-2H3/t19-,21-/m1/s1. The number of piperazine rings is 1. The molecular weight excluding hydrogens is 350 g/mol. The van der Waals surface area contributed by atoms with Crippen molar-refractivity contribution in [1.29, 1.82) is 0 Å². The minimum absolute atomic E-state index is 0.285. The zero-order valence-corrected chi connectivity index (χ0v) is 17.2. The first-order chi connectivity index (χ1) is 13.6. The Hall–Kier alpha value is -1.73. The third-order valence-corrected chi connectivity index (χ3v) is 6.32. The summed E-state index contributed by atoms with van der Waals surface area (Å²) in [6, 6.07) is 10.4. The van der Waals surface area contributed by atoms with Gasteiger partial charge in [0.05, 0.1) is 5.69 Å². The minimum Gasteiger partial charge on any atom is -0.396 e. The Kier molecular flexibility index (Phi) is 6.11. The first-order valence-corrected chi connectivity index (χ1v) is 10.4. The van der Waals surface area contributed by atoms with E-state index in [9.17, 15) is 5.11 Å². The van der Waals surface area contributed by atoms with Gasteiger partial charge >= 0.3 is 0 Å². The van der Waals surface area contributed by atoms with Crippen LogP contribution in [0.2, 0.25) is 0 Å². The Morgan fingerprint density at radius 3 is 2.39 bits per heavy atom. The molecule has 0 radical (unpaired) electrons. The van der Waals surface area contributed by atoms with Crippen LogP contribution >= 0.6 is 0 Å². The smallest absolute Gasteiger partial charge is 0.0968 e. The van der Waals surface area contributed by atoms with Crippen LogP contribution in [0.1, 0.15) is 5.56 Å². The third-order valence-electron chi connectivity index (χ3n) is 6.32. The highest BCUT2D eigenvalue weighted by atomic mass is 16.3. The quantitative estimate of drug-likeness (QED) is 0.817. The Morgan fingerprint density at radius 1 is 0.964 bits per heavy atom. The maximum absolute atomic E-state index is 9.96. The summed E-state index contributed by atoms with van der Waals surface area (Å²) in [7, 11) is 4.19. The normalized spacial score (nSPS) is 24.8. The number of aliphatic hydroxyl groups excluding tert-OH is 1. The van der Waals surface area contributed by atoms with E-state index >= 15 is 0 Å². The highest BCUT2D eigenvalue weighted by molar-refractivity contribution is 5.62. The molecule has 0 unspecified atom stereocenters. The van der Waals surface area contributed by atoms with E-state index in [4.69, 9.17) is 5.10 Å². The van der Waals surface area contributed by atoms with E-state index in [0.29, 0.717) is 11.8 Å². The SMILES string of the molecule is CN1CCN(C[C@@H]2CN(Cc3cn(C)nc3-c3ccccc3)C[C@@H]2CO)CC1. The molecule has 1 aromatic carbocycles. The van der Waals surface area contributed by atoms with Gasteiger partial charge in [-0.2, -0.15) is 5.10 Å². The van der Waals surface area contributed by atoms with Crippen molar-refractivity contribution in [2.24, 2.45) is 18.9 Å². The summed E-state index contributed by atoms with van der Waals surface area (Å²) < 4.78 is 1.92. The number of aryl methyl sites for hydroxylation is 1. The summed E-state index contributed by atoms with van der Waals surface area (Å²) >= 11 is 0. The Labute approximate surface area is 168 Å². The van der Waals surface area contributed by atoms with Gasteiger partial charge in [-0.15, -0.1) is 0 Å². The first kappa shape index (κ1) is 19.6. The Bertz CT molecular complexity index is 754. The molecule has 6 heteroatoms. The minimum atomic E-state index is 0.285. The molecule has 0 saturated carbocycles. The zero-order chi connectivity index (χ0) is 19.5. The second-order valence-corrected chi connectivity index (χ2v) is 8.54. The maximum Gasteiger partial charge on any atom is 0.0968 e. The van der Waals surface area contributed by atoms with E-state index in [2.05, 4.69) is 52.2 Å². The first-order valence-electron chi connectivity index (χ1n) is 10.4. The van der Waals surface area contributed by atoms with Gasteiger partial charge in [0, 0.05) is 83.3 Å². The lowest BCUT2D eigenvalue weighted by Gasteiger charge is -2.34. The molecule has 28 heavy (non-hydrogen) atoms. The molecule has 2 saturated heterocycles. The van der Waals surface area contributed by atoms with Crippen LogP contribution in [0.3, 0.4) is 0 Å². The summed E-state index contributed by atoms with van der Waals surface area (Å²) in [5.74, 6) is 0.918. The molecule has 2 atom stereocenters. The molecule has 1 aromatic heterocycles. The molecule has 1 N–H and O–H groups in total. The van der Waals surface area contributed by atoms with Crippen LogP contribution in [0, 0.1) is 11.8 Å². The van der Waals surface area contributed by atoms with Crippen LogP contribution in [-0.4, -0.2) is 89.1 Å². The molecule has 2 aliphatic rings. The van der Waals surface area contributed by atoms with Crippen LogP contribution in [-0.2, 0) is 13.6 Å². The van der Waals surface area contributed by atoms with Crippen molar-refractivity contribution in [3.05, 3.63) is 42.1 Å². The van der Waals surface area contributed by atoms with E-state index in [1.54, 1.807) is 0 Å². The van der Waals surface area contributed by atoms with Crippen LogP contribution in [0.25, 0.3) is 11.3 Å². The molecule has 152 valence electrons. The van der Waals surface area contributed by atoms with E-state index in [-0.39, 0.29) is 6.61 Å². The molecule has 2 fully saturated rings. The van der Waals surface area contributed by atoms with E-state index in [1.807, 2.05) is 17.8 Å². The van der Waals surface area contributed by atoms with Crippen molar-refractivity contribution in [2.45, 2.75) is 6.54 Å². The number of likely N-dealkylation sites (N-methyl/N-ethyl adjacent to an activating group) is 1. The number of likely N-dealkylation sites (tertiary alicyclic amines) is 1. The van der Waals surface area contributed by atoms with E-state index in [1.165, 1.54) is 11.1 Å². The fourth-order valence-corrected chi connectivity index (χ4v) is 4.67. The van der Waals surface area contributed by atoms with E-state index < -0.39 is 0 Å². The van der Waals surface area contributed by atoms with Crippen molar-refractivity contribution < 1.29 is 5.11 Å². The molecular formula is C22H33N5O. The molecule has 0 bridgehead atoms. The Morgan fingerprint density at radius 2 is 1.68 bits per heavy atom. The number of aromatic nitrogens is 2. The van der Waals surface area contributed by atoms with Crippen molar-refractivity contribution in [2.75, 3.05) is 59.5 Å². The average Bonchev–Trinajstić information content (AvgIpc) is 3.27. The lowest BCUT2D eigenvalue weighted by molar-refractivity contribution is 0.116. The van der Waals surface area contributed by atoms with Gasteiger partial charge in [0.1, 0.15) is 0 Å². The number of aliphatic hydroxyl groups is 1. The molecule has 0 aliphatic carbocycles. The lowest BCUT2D eigenvalue weighted by Crippen LogP contribution is -2.47. The summed E-state index contributed by atoms with van der Waals surface area (Å²) in [4.78, 5) is 7.48. The van der Waals surface area contributed by atoms with Gasteiger partial charge in [0.2, 0.25) is 0 Å². The summed E-state index contributed by atoms with van der Waals surface area (Å²) in [6.07, 6.45) is 2.14. The van der Waals surface area contributed by atoms with Crippen molar-refractivity contribution in [1.82, 2.24) is 24.5 Å². The predicted octanol–water partition coefficient (Wildman–Crippen LogP) is 1.37. The maximum atomic E-state index is 9.96. The summed E-state index contributed by atoms with van der Waals surface area (Å²) in [6.45, 7) is 8.90. The van der Waals surface area contributed by atoms with Gasteiger partial charge in [-0.3, -0.25) is 9.58 Å². The van der Waals surface area contributed by atoms with Gasteiger partial charge in [-0.05, 0) is 18.9 Å². The van der Waals surface area contributed by atoms with Crippen LogP contribution < -0.4 is 0 Å². The number of rotatable bonds is 6. The highest BCUT2D eigenvalue weighted by Crippen LogP contribution is 2.29. The largest absolute Gasteiger partial charge is 0.396 e. The highest BCUT2D eigenvalue weighted by Gasteiger charge is 2.34. The molecule has 2 aliphatic heterocycles. The lowest BCUT2D eigenvalue weighted by atomic mass is 9.96. The summed E-state index contributed by atoms with van der Waals surface area (Å²) in [5.41, 5.74) is 3.52. The van der Waals surface area contributed by atoms with Crippen LogP contribution in [0.5, 0.6) is 0 Å². The molecule has 0 amide bonds. The number of benzene rings is 1. The zero-order valence-electron chi connectivity index (χ0n) is 17.2. The fourth-order valence-electron chi connectivity index (χ4n) is 4.67. The van der Waals surface area contributed by atoms with Crippen molar-refractivity contribution >= 4 is 0 Å². The molecule has 4 rings (SSSR count). The van der Waals surface area contributed by atoms with Gasteiger partial charge in [0.15, 0.2) is 0 Å². The third kappa shape index (κ3) is 4.46. The Balaban J connectivity index is 1.42. The molecule has 3 heterocycles. The monoisotopic (exact) mass is 383 g/mol. The van der Waals surface area contributed by atoms with E-state index in [0.717, 1.165) is 58.1 Å². The number of hydrogen-bond acceptors (Lipinski definition) is 5. The fraction of sp³-hybridized carbons (Fsp3) is 0.591. The van der Waals surface area contributed by atoms with Gasteiger partial charge in [-0.1, -0.05) is 30.3 Å². The predicted molar refractivity (Wildman–Crippen MR) is 112 cm³/mol. The van der Waals surface area contributed by atoms with Gasteiger partial charge in [0.25, 0.3) is 0 Å².